The molecule has 1 amide bonds. The number of aryl methyl sites for hydroxylation is 1. The average molecular weight is 733 g/mol. The fourth-order valence-corrected chi connectivity index (χ4v) is 8.36. The van der Waals surface area contributed by atoms with Gasteiger partial charge in [-0.05, 0) is 47.4 Å². The lowest BCUT2D eigenvalue weighted by Gasteiger charge is -2.52. The minimum absolute atomic E-state index is 0.0622. The van der Waals surface area contributed by atoms with Crippen LogP contribution in [0.1, 0.15) is 44.7 Å². The van der Waals surface area contributed by atoms with Gasteiger partial charge in [-0.15, -0.1) is 0 Å². The molecule has 0 saturated carbocycles. The maximum absolute atomic E-state index is 12.1. The molecule has 2 atom stereocenters. The van der Waals surface area contributed by atoms with Crippen LogP contribution in [0.2, 0.25) is 0 Å². The third-order valence-electron chi connectivity index (χ3n) is 10.9. The van der Waals surface area contributed by atoms with Crippen LogP contribution in [0.5, 0.6) is 11.8 Å². The lowest BCUT2D eigenvalue weighted by molar-refractivity contribution is -0.0467. The number of piperidine rings is 1. The largest absolute Gasteiger partial charge is 0.473 e. The van der Waals surface area contributed by atoms with Crippen molar-refractivity contribution < 1.29 is 24.5 Å². The second kappa shape index (κ2) is 16.1. The van der Waals surface area contributed by atoms with E-state index in [0.717, 1.165) is 71.5 Å². The Hall–Kier alpha value is -5.13. The van der Waals surface area contributed by atoms with E-state index in [9.17, 15) is 15.0 Å². The molecule has 284 valence electrons. The van der Waals surface area contributed by atoms with Gasteiger partial charge in [-0.3, -0.25) is 9.58 Å². The van der Waals surface area contributed by atoms with Gasteiger partial charge in [-0.2, -0.15) is 10.1 Å². The summed E-state index contributed by atoms with van der Waals surface area (Å²) in [6.45, 7) is 10.6. The zero-order chi connectivity index (χ0) is 37.8. The maximum Gasteiger partial charge on any atom is 0.407 e. The van der Waals surface area contributed by atoms with Crippen LogP contribution in [0.4, 0.5) is 10.5 Å². The summed E-state index contributed by atoms with van der Waals surface area (Å²) >= 11 is 0. The summed E-state index contributed by atoms with van der Waals surface area (Å²) in [5.41, 5.74) is 5.61. The molecule has 7 rings (SSSR count). The van der Waals surface area contributed by atoms with E-state index >= 15 is 0 Å². The topological polar surface area (TPSA) is 116 Å². The number of hydrogen-bond donors (Lipinski definition) is 2. The van der Waals surface area contributed by atoms with Gasteiger partial charge in [0.25, 0.3) is 0 Å². The highest BCUT2D eigenvalue weighted by atomic mass is 16.5. The predicted octanol–water partition coefficient (Wildman–Crippen LogP) is 7.08. The van der Waals surface area contributed by atoms with Crippen molar-refractivity contribution in [1.29, 1.82) is 0 Å². The molecule has 2 aromatic heterocycles. The smallest absolute Gasteiger partial charge is 0.407 e. The summed E-state index contributed by atoms with van der Waals surface area (Å²) in [4.78, 5) is 23.3. The van der Waals surface area contributed by atoms with Crippen LogP contribution < -0.4 is 14.4 Å². The molecule has 2 aliphatic rings. The van der Waals surface area contributed by atoms with Crippen LogP contribution in [-0.2, 0) is 20.3 Å². The zero-order valence-corrected chi connectivity index (χ0v) is 31.8. The third kappa shape index (κ3) is 8.02. The molecule has 2 N–H and O–H groups in total. The highest BCUT2D eigenvalue weighted by Crippen LogP contribution is 2.39. The van der Waals surface area contributed by atoms with E-state index in [-0.39, 0.29) is 24.1 Å². The van der Waals surface area contributed by atoms with Crippen LogP contribution in [-0.4, -0.2) is 92.3 Å². The van der Waals surface area contributed by atoms with Crippen molar-refractivity contribution >= 4 is 22.7 Å². The molecule has 0 aliphatic carbocycles. The van der Waals surface area contributed by atoms with Crippen molar-refractivity contribution in [1.82, 2.24) is 24.6 Å². The van der Waals surface area contributed by atoms with Crippen molar-refractivity contribution in [3.8, 4) is 23.0 Å². The molecule has 2 saturated heterocycles. The number of anilines is 1. The fourth-order valence-electron chi connectivity index (χ4n) is 8.36. The van der Waals surface area contributed by atoms with Gasteiger partial charge in [0.15, 0.2) is 0 Å². The van der Waals surface area contributed by atoms with E-state index in [1.165, 1.54) is 4.90 Å². The first-order chi connectivity index (χ1) is 26.1. The van der Waals surface area contributed by atoms with Crippen LogP contribution in [0.3, 0.4) is 0 Å². The number of amides is 1. The first-order valence-electron chi connectivity index (χ1n) is 19.0. The number of hydrogen-bond acceptors (Lipinski definition) is 8. The van der Waals surface area contributed by atoms with Crippen LogP contribution >= 0.6 is 0 Å². The Balaban J connectivity index is 1.10. The van der Waals surface area contributed by atoms with E-state index in [2.05, 4.69) is 48.8 Å². The maximum atomic E-state index is 12.1. The Labute approximate surface area is 317 Å². The number of carbonyl (C=O) groups is 1. The SMILES string of the molecule is Cn1nc(-c2ccc(OCc3ccccc3)nc2OCc2ccccc2)c2cccc(N3CCC(CN4CCN(C(=O)O)C(C(C)(C)C)C4CO)CC3)c21. The summed E-state index contributed by atoms with van der Waals surface area (Å²) in [5.74, 6) is 1.40. The molecule has 0 spiro atoms. The number of piperazine rings is 1. The average Bonchev–Trinajstić information content (AvgIpc) is 3.52. The molecular weight excluding hydrogens is 681 g/mol. The van der Waals surface area contributed by atoms with E-state index in [1.807, 2.05) is 84.5 Å². The molecule has 54 heavy (non-hydrogen) atoms. The number of nitrogens with zero attached hydrogens (tertiary/aromatic N) is 6. The molecule has 2 aliphatic heterocycles. The minimum atomic E-state index is -0.911. The molecule has 11 nitrogen and oxygen atoms in total. The molecule has 0 radical (unpaired) electrons. The Bertz CT molecular complexity index is 2020. The van der Waals surface area contributed by atoms with Gasteiger partial charge in [-0.25, -0.2) is 4.79 Å². The third-order valence-corrected chi connectivity index (χ3v) is 10.9. The lowest BCUT2D eigenvalue weighted by atomic mass is 9.79. The van der Waals surface area contributed by atoms with Crippen molar-refractivity contribution in [2.45, 2.75) is 58.9 Å². The molecule has 0 bridgehead atoms. The molecule has 2 unspecified atom stereocenters. The second-order valence-electron chi connectivity index (χ2n) is 15.7. The number of ether oxygens (including phenoxy) is 2. The zero-order valence-electron chi connectivity index (χ0n) is 31.8. The molecule has 4 heterocycles. The van der Waals surface area contributed by atoms with Gasteiger partial charge in [0.05, 0.1) is 35.5 Å². The number of carboxylic acid groups (broad SMARTS) is 1. The molecule has 3 aromatic carbocycles. The molecule has 2 fully saturated rings. The Kier molecular flexibility index (Phi) is 11.1. The fraction of sp³-hybridized carbons (Fsp3) is 0.419. The number of para-hydroxylation sites is 1. The quantitative estimate of drug-likeness (QED) is 0.147. The Morgan fingerprint density at radius 2 is 1.50 bits per heavy atom. The van der Waals surface area contributed by atoms with Gasteiger partial charge in [-0.1, -0.05) is 93.6 Å². The predicted molar refractivity (Wildman–Crippen MR) is 211 cm³/mol. The summed E-state index contributed by atoms with van der Waals surface area (Å²) < 4.78 is 14.5. The monoisotopic (exact) mass is 732 g/mol. The van der Waals surface area contributed by atoms with Gasteiger partial charge in [0, 0.05) is 51.2 Å². The van der Waals surface area contributed by atoms with Gasteiger partial charge < -0.3 is 29.5 Å². The number of fused-ring (bicyclic) bond motifs is 1. The summed E-state index contributed by atoms with van der Waals surface area (Å²) in [5, 5.41) is 26.5. The number of benzene rings is 3. The molecule has 5 aromatic rings. The van der Waals surface area contributed by atoms with E-state index in [4.69, 9.17) is 19.6 Å². The van der Waals surface area contributed by atoms with Crippen molar-refractivity contribution in [3.05, 3.63) is 102 Å². The van der Waals surface area contributed by atoms with Gasteiger partial charge >= 0.3 is 6.09 Å². The summed E-state index contributed by atoms with van der Waals surface area (Å²) in [6.07, 6.45) is 1.10. The minimum Gasteiger partial charge on any atom is -0.473 e. The van der Waals surface area contributed by atoms with Gasteiger partial charge in [0.2, 0.25) is 11.8 Å². The van der Waals surface area contributed by atoms with E-state index < -0.39 is 6.09 Å². The van der Waals surface area contributed by atoms with E-state index in [0.29, 0.717) is 44.0 Å². The first-order valence-corrected chi connectivity index (χ1v) is 19.0. The number of aromatic nitrogens is 3. The number of aliphatic hydroxyl groups excluding tert-OH is 1. The van der Waals surface area contributed by atoms with E-state index in [1.54, 1.807) is 0 Å². The lowest BCUT2D eigenvalue weighted by Crippen LogP contribution is -2.66. The van der Waals surface area contributed by atoms with Crippen molar-refractivity contribution in [2.75, 3.05) is 44.2 Å². The summed E-state index contributed by atoms with van der Waals surface area (Å²) in [6, 6.07) is 29.9. The standard InChI is InChI=1S/C43H52N6O5/c1-43(2,3)40-36(27-50)48(24-25-49(40)42(51)52)26-30-20-22-47(23-21-30)35-17-11-16-33-38(45-46(4)39(33)35)34-18-19-37(53-28-31-12-7-5-8-13-31)44-41(34)54-29-32-14-9-6-10-15-32/h5-19,30,36,40,50H,20-29H2,1-4H3,(H,51,52). The highest BCUT2D eigenvalue weighted by Gasteiger charge is 2.45. The Morgan fingerprint density at radius 1 is 0.833 bits per heavy atom. The number of rotatable bonds is 11. The second-order valence-corrected chi connectivity index (χ2v) is 15.7. The van der Waals surface area contributed by atoms with Crippen molar-refractivity contribution in [2.24, 2.45) is 18.4 Å². The van der Waals surface area contributed by atoms with Crippen molar-refractivity contribution in [3.63, 3.8) is 0 Å². The van der Waals surface area contributed by atoms with Crippen LogP contribution in [0.25, 0.3) is 22.2 Å². The Morgan fingerprint density at radius 3 is 2.13 bits per heavy atom. The van der Waals surface area contributed by atoms with Gasteiger partial charge in [0.1, 0.15) is 18.9 Å². The highest BCUT2D eigenvalue weighted by molar-refractivity contribution is 6.01. The molecule has 11 heteroatoms. The normalized spacial score (nSPS) is 18.6. The molecular formula is C43H52N6O5. The van der Waals surface area contributed by atoms with Crippen LogP contribution in [0.15, 0.2) is 91.0 Å². The van der Waals surface area contributed by atoms with Crippen LogP contribution in [0, 0.1) is 11.3 Å². The first kappa shape index (κ1) is 37.2. The number of pyridine rings is 1. The number of aliphatic hydroxyl groups is 1. The summed E-state index contributed by atoms with van der Waals surface area (Å²) in [7, 11) is 1.99.